The molecule has 0 aliphatic rings. The molecule has 0 saturated carbocycles. The van der Waals surface area contributed by atoms with E-state index in [9.17, 15) is 9.59 Å². The van der Waals surface area contributed by atoms with E-state index in [2.05, 4.69) is 6.92 Å². The molecular formula is C22H41NO4. The van der Waals surface area contributed by atoms with Crippen LogP contribution >= 0.6 is 0 Å². The molecule has 0 radical (unpaired) electrons. The van der Waals surface area contributed by atoms with Crippen molar-refractivity contribution in [3.05, 3.63) is 12.2 Å². The lowest BCUT2D eigenvalue weighted by molar-refractivity contribution is -0.140. The summed E-state index contributed by atoms with van der Waals surface area (Å²) in [6, 6.07) is 0. The lowest BCUT2D eigenvalue weighted by Gasteiger charge is -2.08. The molecule has 0 aliphatic heterocycles. The second-order valence-electron chi connectivity index (χ2n) is 7.36. The standard InChI is InChI=1S/C22H41NO4/c1-4-5-6-7-8-9-10-11-12-13-14-15-19-26-21(24)16-17-22(25)27-20-18-23(2)3/h16-17H,4-15,18-20H2,1-3H3/b17-16+. The topological polar surface area (TPSA) is 55.8 Å². The molecule has 0 bridgehead atoms. The zero-order valence-electron chi connectivity index (χ0n) is 17.8. The zero-order valence-corrected chi connectivity index (χ0v) is 17.8. The van der Waals surface area contributed by atoms with Gasteiger partial charge in [-0.2, -0.15) is 0 Å². The Hall–Kier alpha value is -1.36. The van der Waals surface area contributed by atoms with Crippen LogP contribution in [-0.4, -0.2) is 50.7 Å². The number of likely N-dealkylation sites (N-methyl/N-ethyl adjacent to an activating group) is 1. The molecule has 0 aromatic rings. The monoisotopic (exact) mass is 383 g/mol. The Bertz CT molecular complexity index is 394. The number of nitrogens with zero attached hydrogens (tertiary/aromatic N) is 1. The van der Waals surface area contributed by atoms with Crippen LogP contribution in [0.15, 0.2) is 12.2 Å². The summed E-state index contributed by atoms with van der Waals surface area (Å²) in [7, 11) is 3.80. The first kappa shape index (κ1) is 25.6. The zero-order chi connectivity index (χ0) is 20.2. The van der Waals surface area contributed by atoms with Gasteiger partial charge in [-0.3, -0.25) is 0 Å². The van der Waals surface area contributed by atoms with Crippen LogP contribution in [0, 0.1) is 0 Å². The second kappa shape index (κ2) is 19.4. The summed E-state index contributed by atoms with van der Waals surface area (Å²) in [4.78, 5) is 24.8. The van der Waals surface area contributed by atoms with Crippen molar-refractivity contribution < 1.29 is 19.1 Å². The minimum atomic E-state index is -0.515. The van der Waals surface area contributed by atoms with Gasteiger partial charge in [-0.05, 0) is 20.5 Å². The van der Waals surface area contributed by atoms with Crippen molar-refractivity contribution in [2.24, 2.45) is 0 Å². The quantitative estimate of drug-likeness (QED) is 0.192. The van der Waals surface area contributed by atoms with Crippen LogP contribution in [-0.2, 0) is 19.1 Å². The Morgan fingerprint density at radius 2 is 1.07 bits per heavy atom. The third-order valence-electron chi connectivity index (χ3n) is 4.38. The Labute approximate surface area is 166 Å². The smallest absolute Gasteiger partial charge is 0.331 e. The molecule has 0 aliphatic carbocycles. The number of carbonyl (C=O) groups excluding carboxylic acids is 2. The van der Waals surface area contributed by atoms with Crippen LogP contribution in [0.4, 0.5) is 0 Å². The minimum absolute atomic E-state index is 0.310. The number of unbranched alkanes of at least 4 members (excludes halogenated alkanes) is 11. The molecule has 0 aromatic carbocycles. The van der Waals surface area contributed by atoms with Gasteiger partial charge in [0.05, 0.1) is 6.61 Å². The molecule has 0 N–H and O–H groups in total. The van der Waals surface area contributed by atoms with E-state index < -0.39 is 11.9 Å². The van der Waals surface area contributed by atoms with Gasteiger partial charge >= 0.3 is 11.9 Å². The highest BCUT2D eigenvalue weighted by Gasteiger charge is 2.01. The van der Waals surface area contributed by atoms with Gasteiger partial charge < -0.3 is 14.4 Å². The highest BCUT2D eigenvalue weighted by Crippen LogP contribution is 2.11. The van der Waals surface area contributed by atoms with E-state index >= 15 is 0 Å². The van der Waals surface area contributed by atoms with E-state index in [4.69, 9.17) is 9.47 Å². The fraction of sp³-hybridized carbons (Fsp3) is 0.818. The third-order valence-corrected chi connectivity index (χ3v) is 4.38. The van der Waals surface area contributed by atoms with Gasteiger partial charge in [0.15, 0.2) is 0 Å². The van der Waals surface area contributed by atoms with Crippen LogP contribution < -0.4 is 0 Å². The molecule has 5 nitrogen and oxygen atoms in total. The highest BCUT2D eigenvalue weighted by atomic mass is 16.5. The van der Waals surface area contributed by atoms with E-state index in [1.807, 2.05) is 19.0 Å². The SMILES string of the molecule is CCCCCCCCCCCCCCOC(=O)/C=C/C(=O)OCCN(C)C. The lowest BCUT2D eigenvalue weighted by atomic mass is 10.1. The summed E-state index contributed by atoms with van der Waals surface area (Å²) in [5.74, 6) is -0.998. The van der Waals surface area contributed by atoms with Gasteiger partial charge in [0.2, 0.25) is 0 Å². The second-order valence-corrected chi connectivity index (χ2v) is 7.36. The lowest BCUT2D eigenvalue weighted by Crippen LogP contribution is -2.19. The van der Waals surface area contributed by atoms with Gasteiger partial charge in [-0.25, -0.2) is 9.59 Å². The maximum Gasteiger partial charge on any atom is 0.331 e. The van der Waals surface area contributed by atoms with Crippen molar-refractivity contribution in [3.8, 4) is 0 Å². The summed E-state index contributed by atoms with van der Waals surface area (Å²) in [6.07, 6.45) is 17.6. The highest BCUT2D eigenvalue weighted by molar-refractivity contribution is 5.91. The third kappa shape index (κ3) is 20.8. The molecule has 0 atom stereocenters. The fourth-order valence-electron chi connectivity index (χ4n) is 2.68. The molecule has 0 saturated heterocycles. The van der Waals surface area contributed by atoms with E-state index in [-0.39, 0.29) is 0 Å². The number of ether oxygens (including phenoxy) is 2. The number of hydrogen-bond acceptors (Lipinski definition) is 5. The summed E-state index contributed by atoms with van der Waals surface area (Å²) in [5.41, 5.74) is 0. The molecule has 0 spiro atoms. The van der Waals surface area contributed by atoms with Gasteiger partial charge in [-0.1, -0.05) is 77.6 Å². The molecule has 0 heterocycles. The van der Waals surface area contributed by atoms with Gasteiger partial charge in [0.1, 0.15) is 6.61 Å². The molecule has 0 fully saturated rings. The number of esters is 2. The molecule has 0 unspecified atom stereocenters. The first-order valence-electron chi connectivity index (χ1n) is 10.7. The molecule has 5 heteroatoms. The number of rotatable bonds is 18. The maximum absolute atomic E-state index is 11.5. The summed E-state index contributed by atoms with van der Waals surface area (Å²) in [5, 5.41) is 0. The van der Waals surface area contributed by atoms with Crippen LogP contribution in [0.1, 0.15) is 84.0 Å². The average Bonchev–Trinajstić information content (AvgIpc) is 2.63. The molecule has 0 rings (SSSR count). The number of hydrogen-bond donors (Lipinski definition) is 0. The van der Waals surface area contributed by atoms with Crippen molar-refractivity contribution in [2.45, 2.75) is 84.0 Å². The average molecular weight is 384 g/mol. The van der Waals surface area contributed by atoms with Crippen LogP contribution in [0.5, 0.6) is 0 Å². The molecule has 0 amide bonds. The number of carbonyl (C=O) groups is 2. The molecule has 27 heavy (non-hydrogen) atoms. The fourth-order valence-corrected chi connectivity index (χ4v) is 2.68. The Balaban J connectivity index is 3.38. The van der Waals surface area contributed by atoms with Crippen molar-refractivity contribution in [1.29, 1.82) is 0 Å². The molecule has 0 aromatic heterocycles. The largest absolute Gasteiger partial charge is 0.463 e. The first-order valence-corrected chi connectivity index (χ1v) is 10.7. The normalized spacial score (nSPS) is 11.3. The Morgan fingerprint density at radius 1 is 0.667 bits per heavy atom. The predicted octanol–water partition coefficient (Wildman–Crippen LogP) is 4.89. The van der Waals surface area contributed by atoms with Crippen LogP contribution in [0.2, 0.25) is 0 Å². The van der Waals surface area contributed by atoms with Crippen molar-refractivity contribution in [1.82, 2.24) is 4.90 Å². The van der Waals surface area contributed by atoms with Gasteiger partial charge in [0.25, 0.3) is 0 Å². The first-order chi connectivity index (χ1) is 13.1. The van der Waals surface area contributed by atoms with E-state index in [0.717, 1.165) is 25.0 Å². The summed E-state index contributed by atoms with van der Waals surface area (Å²) >= 11 is 0. The van der Waals surface area contributed by atoms with Gasteiger partial charge in [-0.15, -0.1) is 0 Å². The Kier molecular flexibility index (Phi) is 18.4. The summed E-state index contributed by atoms with van der Waals surface area (Å²) in [6.45, 7) is 3.63. The van der Waals surface area contributed by atoms with Crippen molar-refractivity contribution in [2.75, 3.05) is 33.9 Å². The van der Waals surface area contributed by atoms with E-state index in [0.29, 0.717) is 19.8 Å². The summed E-state index contributed by atoms with van der Waals surface area (Å²) < 4.78 is 10.0. The van der Waals surface area contributed by atoms with E-state index in [1.54, 1.807) is 0 Å². The van der Waals surface area contributed by atoms with E-state index in [1.165, 1.54) is 64.2 Å². The maximum atomic E-state index is 11.5. The van der Waals surface area contributed by atoms with Gasteiger partial charge in [0, 0.05) is 18.7 Å². The minimum Gasteiger partial charge on any atom is -0.463 e. The Morgan fingerprint density at radius 3 is 1.52 bits per heavy atom. The van der Waals surface area contributed by atoms with Crippen LogP contribution in [0.3, 0.4) is 0 Å². The predicted molar refractivity (Wildman–Crippen MR) is 111 cm³/mol. The molecule has 158 valence electrons. The van der Waals surface area contributed by atoms with Crippen molar-refractivity contribution >= 4 is 11.9 Å². The van der Waals surface area contributed by atoms with Crippen LogP contribution in [0.25, 0.3) is 0 Å². The molecular weight excluding hydrogens is 342 g/mol. The van der Waals surface area contributed by atoms with Crippen molar-refractivity contribution in [3.63, 3.8) is 0 Å².